The first-order valence-electron chi connectivity index (χ1n) is 29.0. The molecule has 3 nitrogen and oxygen atoms in total. The summed E-state index contributed by atoms with van der Waals surface area (Å²) in [5.41, 5.74) is 26.8. The van der Waals surface area contributed by atoms with E-state index in [-0.39, 0.29) is 0 Å². The SMILES string of the molecule is c1ccc(-c2cccc(-c3cccc(-c4ccc(-c5cccc(-c6cccc(-c7nc(-c8ccc(-c9cccc(-n%10c%11ccccc%11c%11ccccc%11%10)c9)cc8)cc(-c8cccc(-c9cccc(-c%10ccccc%10)c9)c8)n7)c6)c5)cc4)c3)c2)cc1. The topological polar surface area (TPSA) is 30.7 Å². The predicted molar refractivity (Wildman–Crippen MR) is 356 cm³/mol. The number of aromatic nitrogens is 3. The minimum absolute atomic E-state index is 0.661. The Morgan fingerprint density at radius 3 is 0.871 bits per heavy atom. The van der Waals surface area contributed by atoms with Crippen LogP contribution in [0.3, 0.4) is 0 Å². The maximum Gasteiger partial charge on any atom is 0.160 e. The van der Waals surface area contributed by atoms with Crippen LogP contribution in [0.2, 0.25) is 0 Å². The van der Waals surface area contributed by atoms with Crippen LogP contribution in [0.25, 0.3) is 150 Å². The highest BCUT2D eigenvalue weighted by Gasteiger charge is 2.16. The number of rotatable bonds is 12. The van der Waals surface area contributed by atoms with E-state index in [1.807, 2.05) is 0 Å². The fraction of sp³-hybridized carbons (Fsp3) is 0. The largest absolute Gasteiger partial charge is 0.309 e. The molecule has 398 valence electrons. The van der Waals surface area contributed by atoms with Gasteiger partial charge in [-0.2, -0.15) is 0 Å². The lowest BCUT2D eigenvalue weighted by Gasteiger charge is -2.13. The Morgan fingerprint density at radius 2 is 0.447 bits per heavy atom. The smallest absolute Gasteiger partial charge is 0.160 e. The van der Waals surface area contributed by atoms with Gasteiger partial charge in [-0.15, -0.1) is 0 Å². The summed E-state index contributed by atoms with van der Waals surface area (Å²) in [6.07, 6.45) is 0. The van der Waals surface area contributed by atoms with Crippen molar-refractivity contribution in [2.24, 2.45) is 0 Å². The Labute approximate surface area is 495 Å². The molecule has 0 amide bonds. The van der Waals surface area contributed by atoms with Crippen molar-refractivity contribution in [2.75, 3.05) is 0 Å². The Balaban J connectivity index is 0.754. The van der Waals surface area contributed by atoms with E-state index in [1.165, 1.54) is 66.3 Å². The average Bonchev–Trinajstić information content (AvgIpc) is 3.21. The van der Waals surface area contributed by atoms with Crippen molar-refractivity contribution < 1.29 is 0 Å². The van der Waals surface area contributed by atoms with Crippen LogP contribution in [-0.4, -0.2) is 14.5 Å². The Hall–Kier alpha value is -11.3. The van der Waals surface area contributed by atoms with Crippen molar-refractivity contribution in [3.05, 3.63) is 334 Å². The second kappa shape index (κ2) is 22.2. The van der Waals surface area contributed by atoms with Crippen LogP contribution in [0.1, 0.15) is 0 Å². The molecule has 0 saturated carbocycles. The number of para-hydroxylation sites is 2. The second-order valence-corrected chi connectivity index (χ2v) is 21.8. The fourth-order valence-electron chi connectivity index (χ4n) is 12.1. The number of hydrogen-bond donors (Lipinski definition) is 0. The van der Waals surface area contributed by atoms with Crippen molar-refractivity contribution in [3.63, 3.8) is 0 Å². The molecule has 15 rings (SSSR count). The van der Waals surface area contributed by atoms with Gasteiger partial charge in [0, 0.05) is 33.2 Å². The number of fused-ring (bicyclic) bond motifs is 3. The molecule has 0 atom stereocenters. The summed E-state index contributed by atoms with van der Waals surface area (Å²) in [5, 5.41) is 2.50. The van der Waals surface area contributed by atoms with Gasteiger partial charge in [0.15, 0.2) is 5.82 Å². The molecular weight excluding hydrogens is 1030 g/mol. The maximum absolute atomic E-state index is 5.40. The molecule has 2 aromatic heterocycles. The third-order valence-electron chi connectivity index (χ3n) is 16.4. The van der Waals surface area contributed by atoms with E-state index >= 15 is 0 Å². The first-order chi connectivity index (χ1) is 42.1. The molecule has 0 unspecified atom stereocenters. The molecule has 0 spiro atoms. The zero-order chi connectivity index (χ0) is 56.5. The highest BCUT2D eigenvalue weighted by molar-refractivity contribution is 6.09. The van der Waals surface area contributed by atoms with Crippen molar-refractivity contribution in [1.29, 1.82) is 0 Å². The van der Waals surface area contributed by atoms with Crippen LogP contribution in [0.15, 0.2) is 334 Å². The van der Waals surface area contributed by atoms with Crippen LogP contribution < -0.4 is 0 Å². The molecule has 13 aromatic carbocycles. The summed E-state index contributed by atoms with van der Waals surface area (Å²) in [6, 6.07) is 120. The second-order valence-electron chi connectivity index (χ2n) is 21.8. The lowest BCUT2D eigenvalue weighted by atomic mass is 9.94. The van der Waals surface area contributed by atoms with E-state index in [0.717, 1.165) is 78.3 Å². The van der Waals surface area contributed by atoms with Gasteiger partial charge in [-0.05, 0) is 156 Å². The molecule has 85 heavy (non-hydrogen) atoms. The van der Waals surface area contributed by atoms with Crippen molar-refractivity contribution in [2.45, 2.75) is 0 Å². The molecule has 0 aliphatic carbocycles. The standard InChI is InChI=1S/C82H55N3/c1-3-18-56(19-4-1)62-22-11-26-66(48-62)67-27-13-24-64(50-67)58-40-42-59(43-41-58)65-25-14-29-69(51-65)71-31-16-34-74(53-71)82-83-78(55-79(84-82)73-33-15-30-70(52-73)68-28-12-23-63(49-68)57-20-5-2-6-21-57)61-46-44-60(45-47-61)72-32-17-35-75(54-72)85-80-38-9-7-36-76(80)77-37-8-10-39-81(77)85/h1-55H. The first kappa shape index (κ1) is 50.7. The molecule has 0 bridgehead atoms. The van der Waals surface area contributed by atoms with Gasteiger partial charge in [0.2, 0.25) is 0 Å². The van der Waals surface area contributed by atoms with Crippen LogP contribution in [0.5, 0.6) is 0 Å². The van der Waals surface area contributed by atoms with Gasteiger partial charge in [-0.1, -0.05) is 267 Å². The monoisotopic (exact) mass is 1080 g/mol. The van der Waals surface area contributed by atoms with Gasteiger partial charge in [0.1, 0.15) is 0 Å². The Kier molecular flexibility index (Phi) is 13.3. The number of benzene rings is 13. The van der Waals surface area contributed by atoms with E-state index in [2.05, 4.69) is 338 Å². The van der Waals surface area contributed by atoms with Crippen LogP contribution in [0, 0.1) is 0 Å². The van der Waals surface area contributed by atoms with Crippen molar-refractivity contribution in [3.8, 4) is 129 Å². The highest BCUT2D eigenvalue weighted by atomic mass is 15.0. The van der Waals surface area contributed by atoms with Crippen molar-refractivity contribution in [1.82, 2.24) is 14.5 Å². The van der Waals surface area contributed by atoms with Gasteiger partial charge in [-0.25, -0.2) is 9.97 Å². The van der Waals surface area contributed by atoms with Gasteiger partial charge < -0.3 is 4.57 Å². The van der Waals surface area contributed by atoms with Gasteiger partial charge >= 0.3 is 0 Å². The summed E-state index contributed by atoms with van der Waals surface area (Å²) in [6.45, 7) is 0. The lowest BCUT2D eigenvalue weighted by Crippen LogP contribution is -1.97. The number of hydrogen-bond acceptors (Lipinski definition) is 2. The zero-order valence-corrected chi connectivity index (χ0v) is 46.6. The van der Waals surface area contributed by atoms with E-state index in [0.29, 0.717) is 5.82 Å². The van der Waals surface area contributed by atoms with Crippen LogP contribution in [0.4, 0.5) is 0 Å². The third kappa shape index (κ3) is 10.2. The molecule has 0 radical (unpaired) electrons. The summed E-state index contributed by atoms with van der Waals surface area (Å²) in [7, 11) is 0. The lowest BCUT2D eigenvalue weighted by molar-refractivity contribution is 1.18. The zero-order valence-electron chi connectivity index (χ0n) is 46.6. The Bertz CT molecular complexity index is 4870. The minimum Gasteiger partial charge on any atom is -0.309 e. The molecule has 0 saturated heterocycles. The quantitative estimate of drug-likeness (QED) is 0.122. The van der Waals surface area contributed by atoms with E-state index in [1.54, 1.807) is 0 Å². The summed E-state index contributed by atoms with van der Waals surface area (Å²) < 4.78 is 2.37. The van der Waals surface area contributed by atoms with Crippen LogP contribution in [-0.2, 0) is 0 Å². The molecule has 15 aromatic rings. The summed E-state index contributed by atoms with van der Waals surface area (Å²) in [5.74, 6) is 0.661. The molecule has 0 fully saturated rings. The maximum atomic E-state index is 5.40. The van der Waals surface area contributed by atoms with Gasteiger partial charge in [-0.3, -0.25) is 0 Å². The molecule has 0 N–H and O–H groups in total. The van der Waals surface area contributed by atoms with Gasteiger partial charge in [0.25, 0.3) is 0 Å². The fourth-order valence-corrected chi connectivity index (χ4v) is 12.1. The first-order valence-corrected chi connectivity index (χ1v) is 29.0. The molecule has 0 aliphatic heterocycles. The van der Waals surface area contributed by atoms with E-state index in [4.69, 9.17) is 9.97 Å². The Morgan fingerprint density at radius 1 is 0.176 bits per heavy atom. The van der Waals surface area contributed by atoms with E-state index < -0.39 is 0 Å². The number of nitrogens with zero attached hydrogens (tertiary/aromatic N) is 3. The summed E-state index contributed by atoms with van der Waals surface area (Å²) in [4.78, 5) is 10.8. The molecule has 2 heterocycles. The van der Waals surface area contributed by atoms with Crippen LogP contribution >= 0.6 is 0 Å². The molecular formula is C82H55N3. The molecule has 3 heteroatoms. The summed E-state index contributed by atoms with van der Waals surface area (Å²) >= 11 is 0. The molecule has 0 aliphatic rings. The highest BCUT2D eigenvalue weighted by Crippen LogP contribution is 2.38. The normalized spacial score (nSPS) is 11.3. The predicted octanol–water partition coefficient (Wildman–Crippen LogP) is 21.9. The van der Waals surface area contributed by atoms with Crippen molar-refractivity contribution >= 4 is 21.8 Å². The minimum atomic E-state index is 0.661. The van der Waals surface area contributed by atoms with E-state index in [9.17, 15) is 0 Å². The third-order valence-corrected chi connectivity index (χ3v) is 16.4. The average molecular weight is 1080 g/mol. The van der Waals surface area contributed by atoms with Gasteiger partial charge in [0.05, 0.1) is 22.4 Å².